The molecule has 2 heterocycles. The van der Waals surface area contributed by atoms with Gasteiger partial charge in [0.2, 0.25) is 5.91 Å². The van der Waals surface area contributed by atoms with Crippen LogP contribution in [0.1, 0.15) is 17.5 Å². The molecule has 1 aromatic carbocycles. The third kappa shape index (κ3) is 4.84. The number of rotatable bonds is 6. The largest absolute Gasteiger partial charge is 0.464 e. The van der Waals surface area contributed by atoms with Gasteiger partial charge in [0.05, 0.1) is 16.3 Å². The number of amides is 1. The van der Waals surface area contributed by atoms with Gasteiger partial charge in [-0.05, 0) is 47.9 Å². The number of furan rings is 1. The number of nitrogens with one attached hydrogen (secondary N) is 1. The summed E-state index contributed by atoms with van der Waals surface area (Å²) in [6, 6.07) is 11.0. The maximum atomic E-state index is 12.0. The Balaban J connectivity index is 1.52. The van der Waals surface area contributed by atoms with E-state index in [0.29, 0.717) is 29.4 Å². The first-order chi connectivity index (χ1) is 12.1. The van der Waals surface area contributed by atoms with Crippen molar-refractivity contribution < 1.29 is 9.21 Å². The maximum absolute atomic E-state index is 12.0. The number of benzene rings is 1. The number of pyridine rings is 1. The number of halogens is 2. The lowest BCUT2D eigenvalue weighted by Crippen LogP contribution is -2.23. The van der Waals surface area contributed by atoms with Crippen LogP contribution in [0.2, 0.25) is 10.0 Å². The van der Waals surface area contributed by atoms with Gasteiger partial charge in [0.25, 0.3) is 0 Å². The van der Waals surface area contributed by atoms with E-state index in [9.17, 15) is 4.79 Å². The van der Waals surface area contributed by atoms with E-state index in [1.165, 1.54) is 0 Å². The van der Waals surface area contributed by atoms with Gasteiger partial charge in [0, 0.05) is 30.9 Å². The van der Waals surface area contributed by atoms with E-state index in [-0.39, 0.29) is 5.91 Å². The van der Waals surface area contributed by atoms with Crippen molar-refractivity contribution in [3.63, 3.8) is 0 Å². The second kappa shape index (κ2) is 8.19. The second-order valence-corrected chi connectivity index (χ2v) is 6.40. The van der Waals surface area contributed by atoms with Crippen molar-refractivity contribution in [2.24, 2.45) is 0 Å². The van der Waals surface area contributed by atoms with E-state index < -0.39 is 0 Å². The van der Waals surface area contributed by atoms with E-state index >= 15 is 0 Å². The first kappa shape index (κ1) is 17.5. The summed E-state index contributed by atoms with van der Waals surface area (Å²) < 4.78 is 5.36. The number of carbonyl (C=O) groups excluding carboxylic acids is 1. The van der Waals surface area contributed by atoms with Gasteiger partial charge in [0.1, 0.15) is 5.76 Å². The molecule has 0 spiro atoms. The molecule has 3 rings (SSSR count). The summed E-state index contributed by atoms with van der Waals surface area (Å²) in [6.45, 7) is 0.418. The molecule has 0 bridgehead atoms. The third-order valence-corrected chi connectivity index (χ3v) is 4.45. The van der Waals surface area contributed by atoms with Gasteiger partial charge in [-0.15, -0.1) is 0 Å². The van der Waals surface area contributed by atoms with Crippen LogP contribution in [0.5, 0.6) is 0 Å². The minimum absolute atomic E-state index is 0.0329. The van der Waals surface area contributed by atoms with Crippen LogP contribution in [0.15, 0.2) is 59.5 Å². The highest BCUT2D eigenvalue weighted by atomic mass is 35.5. The predicted molar refractivity (Wildman–Crippen MR) is 98.6 cm³/mol. The highest BCUT2D eigenvalue weighted by Crippen LogP contribution is 2.23. The van der Waals surface area contributed by atoms with Gasteiger partial charge in [0.15, 0.2) is 0 Å². The van der Waals surface area contributed by atoms with Gasteiger partial charge in [-0.25, -0.2) is 0 Å². The van der Waals surface area contributed by atoms with Crippen molar-refractivity contribution in [3.8, 4) is 11.3 Å². The lowest BCUT2D eigenvalue weighted by Gasteiger charge is -2.07. The fourth-order valence-electron chi connectivity index (χ4n) is 2.40. The van der Waals surface area contributed by atoms with Crippen molar-refractivity contribution in [1.82, 2.24) is 10.3 Å². The minimum atomic E-state index is -0.0329. The second-order valence-electron chi connectivity index (χ2n) is 5.58. The molecule has 0 saturated heterocycles. The van der Waals surface area contributed by atoms with Crippen molar-refractivity contribution in [3.05, 3.63) is 76.2 Å². The number of hydrogen-bond donors (Lipinski definition) is 1. The third-order valence-electron chi connectivity index (χ3n) is 3.72. The van der Waals surface area contributed by atoms with Crippen molar-refractivity contribution >= 4 is 29.1 Å². The lowest BCUT2D eigenvalue weighted by atomic mass is 10.1. The van der Waals surface area contributed by atoms with Gasteiger partial charge in [-0.3, -0.25) is 9.78 Å². The standard InChI is InChI=1S/C19H16Cl2N2O2/c20-16-5-3-13(9-17(16)21)4-6-19(24)23-11-14-8-15(12-22-10-14)18-2-1-7-25-18/h1-3,5,7-10,12H,4,6,11H2,(H,23,24). The van der Waals surface area contributed by atoms with Crippen LogP contribution >= 0.6 is 23.2 Å². The number of carbonyl (C=O) groups is 1. The van der Waals surface area contributed by atoms with Crippen LogP contribution in [0.25, 0.3) is 11.3 Å². The zero-order valence-electron chi connectivity index (χ0n) is 13.3. The Kier molecular flexibility index (Phi) is 5.74. The van der Waals surface area contributed by atoms with Gasteiger partial charge in [-0.1, -0.05) is 29.3 Å². The molecule has 0 unspecified atom stereocenters. The normalized spacial score (nSPS) is 10.6. The Morgan fingerprint density at radius 1 is 1.08 bits per heavy atom. The van der Waals surface area contributed by atoms with Gasteiger partial charge < -0.3 is 9.73 Å². The number of aryl methyl sites for hydroxylation is 1. The van der Waals surface area contributed by atoms with Crippen molar-refractivity contribution in [2.45, 2.75) is 19.4 Å². The quantitative estimate of drug-likeness (QED) is 0.667. The lowest BCUT2D eigenvalue weighted by molar-refractivity contribution is -0.121. The monoisotopic (exact) mass is 374 g/mol. The SMILES string of the molecule is O=C(CCc1ccc(Cl)c(Cl)c1)NCc1cncc(-c2ccco2)c1. The van der Waals surface area contributed by atoms with E-state index in [1.54, 1.807) is 30.8 Å². The fourth-order valence-corrected chi connectivity index (χ4v) is 2.72. The smallest absolute Gasteiger partial charge is 0.220 e. The fraction of sp³-hybridized carbons (Fsp3) is 0.158. The molecule has 0 aliphatic carbocycles. The van der Waals surface area contributed by atoms with Crippen LogP contribution < -0.4 is 5.32 Å². The van der Waals surface area contributed by atoms with E-state index in [1.807, 2.05) is 24.3 Å². The van der Waals surface area contributed by atoms with Crippen molar-refractivity contribution in [2.75, 3.05) is 0 Å². The first-order valence-corrected chi connectivity index (χ1v) is 8.56. The number of nitrogens with zero attached hydrogens (tertiary/aromatic N) is 1. The topological polar surface area (TPSA) is 55.1 Å². The molecule has 0 aliphatic rings. The minimum Gasteiger partial charge on any atom is -0.464 e. The molecule has 0 radical (unpaired) electrons. The van der Waals surface area contributed by atoms with E-state index in [0.717, 1.165) is 22.5 Å². The van der Waals surface area contributed by atoms with Crippen LogP contribution in [-0.4, -0.2) is 10.9 Å². The highest BCUT2D eigenvalue weighted by Gasteiger charge is 2.06. The molecular weight excluding hydrogens is 359 g/mol. The average molecular weight is 375 g/mol. The summed E-state index contributed by atoms with van der Waals surface area (Å²) in [6.07, 6.45) is 6.06. The molecular formula is C19H16Cl2N2O2. The van der Waals surface area contributed by atoms with Crippen LogP contribution in [-0.2, 0) is 17.8 Å². The summed E-state index contributed by atoms with van der Waals surface area (Å²) in [5.74, 6) is 0.717. The number of hydrogen-bond acceptors (Lipinski definition) is 3. The van der Waals surface area contributed by atoms with Crippen molar-refractivity contribution in [1.29, 1.82) is 0 Å². The summed E-state index contributed by atoms with van der Waals surface area (Å²) in [5.41, 5.74) is 2.77. The van der Waals surface area contributed by atoms with Crippen LogP contribution in [0.4, 0.5) is 0 Å². The van der Waals surface area contributed by atoms with Gasteiger partial charge in [-0.2, -0.15) is 0 Å². The molecule has 0 aliphatic heterocycles. The van der Waals surface area contributed by atoms with E-state index in [2.05, 4.69) is 10.3 Å². The predicted octanol–water partition coefficient (Wildman–Crippen LogP) is 4.90. The molecule has 25 heavy (non-hydrogen) atoms. The molecule has 128 valence electrons. The van der Waals surface area contributed by atoms with Crippen LogP contribution in [0, 0.1) is 0 Å². The molecule has 0 atom stereocenters. The number of aromatic nitrogens is 1. The maximum Gasteiger partial charge on any atom is 0.220 e. The average Bonchev–Trinajstić information content (AvgIpc) is 3.16. The summed E-state index contributed by atoms with van der Waals surface area (Å²) in [4.78, 5) is 16.2. The Bertz CT molecular complexity index is 864. The molecule has 2 aromatic heterocycles. The summed E-state index contributed by atoms with van der Waals surface area (Å²) in [7, 11) is 0. The molecule has 1 amide bonds. The molecule has 3 aromatic rings. The Morgan fingerprint density at radius 3 is 2.72 bits per heavy atom. The highest BCUT2D eigenvalue weighted by molar-refractivity contribution is 6.42. The molecule has 0 saturated carbocycles. The first-order valence-electron chi connectivity index (χ1n) is 7.80. The summed E-state index contributed by atoms with van der Waals surface area (Å²) in [5, 5.41) is 3.91. The molecule has 1 N–H and O–H groups in total. The van der Waals surface area contributed by atoms with Crippen LogP contribution in [0.3, 0.4) is 0 Å². The van der Waals surface area contributed by atoms with E-state index in [4.69, 9.17) is 27.6 Å². The Hall–Kier alpha value is -2.30. The Morgan fingerprint density at radius 2 is 1.96 bits per heavy atom. The Labute approximate surface area is 155 Å². The molecule has 0 fully saturated rings. The van der Waals surface area contributed by atoms with Gasteiger partial charge >= 0.3 is 0 Å². The summed E-state index contributed by atoms with van der Waals surface area (Å²) >= 11 is 11.9. The zero-order chi connectivity index (χ0) is 17.6. The zero-order valence-corrected chi connectivity index (χ0v) is 14.8. The molecule has 6 heteroatoms. The molecule has 4 nitrogen and oxygen atoms in total.